The first-order chi connectivity index (χ1) is 9.01. The molecule has 0 spiro atoms. The molecule has 1 aromatic heterocycles. The van der Waals surface area contributed by atoms with E-state index in [1.165, 1.54) is 7.11 Å². The highest BCUT2D eigenvalue weighted by Crippen LogP contribution is 2.29. The highest BCUT2D eigenvalue weighted by atomic mass is 35.5. The number of amides is 1. The lowest BCUT2D eigenvalue weighted by molar-refractivity contribution is 0.102. The molecule has 0 aliphatic heterocycles. The Morgan fingerprint density at radius 2 is 2.26 bits per heavy atom. The molecule has 1 heterocycles. The molecule has 1 amide bonds. The van der Waals surface area contributed by atoms with Gasteiger partial charge in [0.25, 0.3) is 5.91 Å². The van der Waals surface area contributed by atoms with Crippen LogP contribution in [0.4, 0.5) is 10.8 Å². The summed E-state index contributed by atoms with van der Waals surface area (Å²) in [5, 5.41) is 3.61. The van der Waals surface area contributed by atoms with Gasteiger partial charge in [-0.25, -0.2) is 4.98 Å². The number of hydrogen-bond donors (Lipinski definition) is 2. The summed E-state index contributed by atoms with van der Waals surface area (Å²) in [4.78, 5) is 16.6. The first-order valence-electron chi connectivity index (χ1n) is 5.39. The third-order valence-corrected chi connectivity index (χ3v) is 3.65. The molecular weight excluding hydrogens is 286 g/mol. The highest BCUT2D eigenvalue weighted by Gasteiger charge is 2.16. The first-order valence-corrected chi connectivity index (χ1v) is 6.58. The molecule has 0 aliphatic carbocycles. The largest absolute Gasteiger partial charge is 0.495 e. The van der Waals surface area contributed by atoms with Gasteiger partial charge in [-0.3, -0.25) is 4.79 Å². The molecule has 0 bridgehead atoms. The Labute approximate surface area is 119 Å². The standard InChI is InChI=1S/C12H12ClN3O2S/c1-6-10(19-12(14)15-6)11(17)16-8-5-7(13)3-4-9(8)18-2/h3-5H,1-2H3,(H2,14,15)(H,16,17). The quantitative estimate of drug-likeness (QED) is 0.913. The molecule has 0 aliphatic rings. The van der Waals surface area contributed by atoms with Crippen LogP contribution in [0.5, 0.6) is 5.75 Å². The summed E-state index contributed by atoms with van der Waals surface area (Å²) in [6, 6.07) is 5.00. The van der Waals surface area contributed by atoms with Crippen molar-refractivity contribution in [2.45, 2.75) is 6.92 Å². The molecule has 100 valence electrons. The van der Waals surface area contributed by atoms with E-state index in [1.54, 1.807) is 25.1 Å². The average Bonchev–Trinajstić information content (AvgIpc) is 2.69. The zero-order valence-corrected chi connectivity index (χ0v) is 11.9. The van der Waals surface area contributed by atoms with E-state index in [9.17, 15) is 4.79 Å². The van der Waals surface area contributed by atoms with Crippen molar-refractivity contribution >= 4 is 39.7 Å². The van der Waals surface area contributed by atoms with Crippen LogP contribution in [-0.2, 0) is 0 Å². The third kappa shape index (κ3) is 2.97. The number of aromatic nitrogens is 1. The number of halogens is 1. The fourth-order valence-corrected chi connectivity index (χ4v) is 2.49. The number of nitrogens with one attached hydrogen (secondary N) is 1. The topological polar surface area (TPSA) is 77.2 Å². The van der Waals surface area contributed by atoms with E-state index in [0.29, 0.717) is 32.2 Å². The molecule has 7 heteroatoms. The van der Waals surface area contributed by atoms with Crippen LogP contribution in [0.25, 0.3) is 0 Å². The Morgan fingerprint density at radius 1 is 1.53 bits per heavy atom. The summed E-state index contributed by atoms with van der Waals surface area (Å²) in [5.41, 5.74) is 6.68. The fraction of sp³-hybridized carbons (Fsp3) is 0.167. The Morgan fingerprint density at radius 3 is 2.84 bits per heavy atom. The number of rotatable bonds is 3. The maximum absolute atomic E-state index is 12.1. The normalized spacial score (nSPS) is 10.3. The molecule has 2 aromatic rings. The SMILES string of the molecule is COc1ccc(Cl)cc1NC(=O)c1sc(N)nc1C. The number of anilines is 2. The van der Waals surface area contributed by atoms with Crippen molar-refractivity contribution in [3.05, 3.63) is 33.8 Å². The van der Waals surface area contributed by atoms with E-state index in [-0.39, 0.29) is 5.91 Å². The van der Waals surface area contributed by atoms with Crippen molar-refractivity contribution in [3.63, 3.8) is 0 Å². The Kier molecular flexibility index (Phi) is 3.92. The van der Waals surface area contributed by atoms with E-state index < -0.39 is 0 Å². The molecule has 0 radical (unpaired) electrons. The van der Waals surface area contributed by atoms with Crippen molar-refractivity contribution in [2.75, 3.05) is 18.2 Å². The van der Waals surface area contributed by atoms with Gasteiger partial charge in [-0.05, 0) is 25.1 Å². The van der Waals surface area contributed by atoms with Crippen LogP contribution in [0.2, 0.25) is 5.02 Å². The van der Waals surface area contributed by atoms with E-state index in [0.717, 1.165) is 11.3 Å². The Bertz CT molecular complexity index is 627. The second-order valence-electron chi connectivity index (χ2n) is 3.77. The molecule has 19 heavy (non-hydrogen) atoms. The van der Waals surface area contributed by atoms with Crippen LogP contribution in [-0.4, -0.2) is 18.0 Å². The number of methoxy groups -OCH3 is 1. The first kappa shape index (κ1) is 13.6. The number of benzene rings is 1. The molecule has 0 saturated carbocycles. The van der Waals surface area contributed by atoms with Crippen LogP contribution < -0.4 is 15.8 Å². The molecule has 0 fully saturated rings. The number of nitrogen functional groups attached to an aromatic ring is 1. The van der Waals surface area contributed by atoms with Gasteiger partial charge < -0.3 is 15.8 Å². The van der Waals surface area contributed by atoms with Crippen molar-refractivity contribution in [1.29, 1.82) is 0 Å². The fourth-order valence-electron chi connectivity index (χ4n) is 1.58. The monoisotopic (exact) mass is 297 g/mol. The molecule has 0 atom stereocenters. The highest BCUT2D eigenvalue weighted by molar-refractivity contribution is 7.17. The minimum Gasteiger partial charge on any atom is -0.495 e. The average molecular weight is 298 g/mol. The number of thiazole rings is 1. The van der Waals surface area contributed by atoms with Gasteiger partial charge in [-0.2, -0.15) is 0 Å². The summed E-state index contributed by atoms with van der Waals surface area (Å²) in [6.07, 6.45) is 0. The molecular formula is C12H12ClN3O2S. The van der Waals surface area contributed by atoms with Gasteiger partial charge >= 0.3 is 0 Å². The van der Waals surface area contributed by atoms with Gasteiger partial charge in [0.2, 0.25) is 0 Å². The smallest absolute Gasteiger partial charge is 0.267 e. The van der Waals surface area contributed by atoms with Crippen molar-refractivity contribution in [3.8, 4) is 5.75 Å². The van der Waals surface area contributed by atoms with E-state index in [2.05, 4.69) is 10.3 Å². The van der Waals surface area contributed by atoms with Gasteiger partial charge in [0, 0.05) is 5.02 Å². The van der Waals surface area contributed by atoms with Gasteiger partial charge in [-0.15, -0.1) is 0 Å². The van der Waals surface area contributed by atoms with Gasteiger partial charge in [0.05, 0.1) is 18.5 Å². The number of hydrogen-bond acceptors (Lipinski definition) is 5. The van der Waals surface area contributed by atoms with E-state index in [1.807, 2.05) is 0 Å². The van der Waals surface area contributed by atoms with Crippen LogP contribution in [0.3, 0.4) is 0 Å². The predicted molar refractivity (Wildman–Crippen MR) is 77.2 cm³/mol. The van der Waals surface area contributed by atoms with Crippen molar-refractivity contribution in [2.24, 2.45) is 0 Å². The third-order valence-electron chi connectivity index (χ3n) is 2.43. The minimum absolute atomic E-state index is 0.285. The van der Waals surface area contributed by atoms with E-state index >= 15 is 0 Å². The van der Waals surface area contributed by atoms with Crippen LogP contribution >= 0.6 is 22.9 Å². The molecule has 0 saturated heterocycles. The van der Waals surface area contributed by atoms with Crippen LogP contribution in [0.15, 0.2) is 18.2 Å². The summed E-state index contributed by atoms with van der Waals surface area (Å²) in [5.74, 6) is 0.250. The zero-order valence-electron chi connectivity index (χ0n) is 10.4. The van der Waals surface area contributed by atoms with Crippen molar-refractivity contribution in [1.82, 2.24) is 4.98 Å². The molecule has 0 unspecified atom stereocenters. The maximum atomic E-state index is 12.1. The Hall–Kier alpha value is -1.79. The Balaban J connectivity index is 2.28. The number of nitrogens with two attached hydrogens (primary N) is 1. The number of ether oxygens (including phenoxy) is 1. The summed E-state index contributed by atoms with van der Waals surface area (Å²) in [6.45, 7) is 1.73. The number of carbonyl (C=O) groups is 1. The number of nitrogens with zero attached hydrogens (tertiary/aromatic N) is 1. The minimum atomic E-state index is -0.285. The maximum Gasteiger partial charge on any atom is 0.267 e. The summed E-state index contributed by atoms with van der Waals surface area (Å²) >= 11 is 7.04. The van der Waals surface area contributed by atoms with Crippen LogP contribution in [0, 0.1) is 6.92 Å². The zero-order chi connectivity index (χ0) is 14.0. The van der Waals surface area contributed by atoms with Gasteiger partial charge in [0.1, 0.15) is 10.6 Å². The lowest BCUT2D eigenvalue weighted by atomic mass is 10.2. The van der Waals surface area contributed by atoms with Gasteiger partial charge in [0.15, 0.2) is 5.13 Å². The van der Waals surface area contributed by atoms with Crippen LogP contribution in [0.1, 0.15) is 15.4 Å². The molecule has 3 N–H and O–H groups in total. The molecule has 1 aromatic carbocycles. The summed E-state index contributed by atoms with van der Waals surface area (Å²) in [7, 11) is 1.52. The van der Waals surface area contributed by atoms with E-state index in [4.69, 9.17) is 22.1 Å². The number of carbonyl (C=O) groups excluding carboxylic acids is 1. The van der Waals surface area contributed by atoms with Crippen molar-refractivity contribution < 1.29 is 9.53 Å². The summed E-state index contributed by atoms with van der Waals surface area (Å²) < 4.78 is 5.16. The molecule has 5 nitrogen and oxygen atoms in total. The lowest BCUT2D eigenvalue weighted by Crippen LogP contribution is -2.12. The lowest BCUT2D eigenvalue weighted by Gasteiger charge is -2.09. The number of aryl methyl sites for hydroxylation is 1. The molecule has 2 rings (SSSR count). The second-order valence-corrected chi connectivity index (χ2v) is 5.23. The predicted octanol–water partition coefficient (Wildman–Crippen LogP) is 2.95. The second kappa shape index (κ2) is 5.46. The van der Waals surface area contributed by atoms with Gasteiger partial charge in [-0.1, -0.05) is 22.9 Å².